The zero-order valence-corrected chi connectivity index (χ0v) is 20.1. The van der Waals surface area contributed by atoms with Crippen molar-refractivity contribution < 1.29 is 14.3 Å². The Hall–Kier alpha value is -2.24. The van der Waals surface area contributed by atoms with E-state index in [2.05, 4.69) is 5.32 Å². The summed E-state index contributed by atoms with van der Waals surface area (Å²) in [5, 5.41) is 3.96. The SMILES string of the molecule is CC[C@@H](C(=O)NC1CCCC1)N(Cc1ccc(C)cc1)C(=O)COc1ccc(Cl)cc1Cl. The largest absolute Gasteiger partial charge is 0.482 e. The van der Waals surface area contributed by atoms with Gasteiger partial charge in [-0.2, -0.15) is 0 Å². The lowest BCUT2D eigenvalue weighted by atomic mass is 10.1. The van der Waals surface area contributed by atoms with E-state index in [1.807, 2.05) is 38.1 Å². The molecule has 7 heteroatoms. The van der Waals surface area contributed by atoms with Gasteiger partial charge in [0.2, 0.25) is 5.91 Å². The maximum atomic E-state index is 13.3. The standard InChI is InChI=1S/C25H30Cl2N2O3/c1-3-22(25(31)28-20-6-4-5-7-20)29(15-18-10-8-17(2)9-11-18)24(30)16-32-23-13-12-19(26)14-21(23)27/h8-14,20,22H,3-7,15-16H2,1-2H3,(H,28,31)/t22-/m0/s1. The molecule has 2 aromatic carbocycles. The second kappa shape index (κ2) is 11.6. The van der Waals surface area contributed by atoms with Crippen molar-refractivity contribution >= 4 is 35.0 Å². The molecule has 0 aromatic heterocycles. The van der Waals surface area contributed by atoms with Crippen molar-refractivity contribution in [3.8, 4) is 5.75 Å². The summed E-state index contributed by atoms with van der Waals surface area (Å²) in [5.41, 5.74) is 2.10. The average molecular weight is 477 g/mol. The van der Waals surface area contributed by atoms with Gasteiger partial charge in [0.05, 0.1) is 5.02 Å². The number of hydrogen-bond donors (Lipinski definition) is 1. The van der Waals surface area contributed by atoms with Gasteiger partial charge in [-0.1, -0.05) is 72.8 Å². The molecule has 1 atom stereocenters. The third-order valence-corrected chi connectivity index (χ3v) is 6.34. The summed E-state index contributed by atoms with van der Waals surface area (Å²) in [6, 6.07) is 12.4. The molecule has 0 bridgehead atoms. The molecule has 2 amide bonds. The highest BCUT2D eigenvalue weighted by atomic mass is 35.5. The van der Waals surface area contributed by atoms with Crippen molar-refractivity contribution in [3.05, 3.63) is 63.6 Å². The molecule has 1 aliphatic rings. The summed E-state index contributed by atoms with van der Waals surface area (Å²) >= 11 is 12.1. The zero-order valence-electron chi connectivity index (χ0n) is 18.6. The summed E-state index contributed by atoms with van der Waals surface area (Å²) in [4.78, 5) is 28.0. The van der Waals surface area contributed by atoms with E-state index in [-0.39, 0.29) is 24.5 Å². The number of rotatable bonds is 9. The summed E-state index contributed by atoms with van der Waals surface area (Å²) < 4.78 is 5.69. The van der Waals surface area contributed by atoms with Gasteiger partial charge >= 0.3 is 0 Å². The highest BCUT2D eigenvalue weighted by Gasteiger charge is 2.31. The molecule has 1 saturated carbocycles. The van der Waals surface area contributed by atoms with Crippen molar-refractivity contribution in [3.63, 3.8) is 0 Å². The lowest BCUT2D eigenvalue weighted by Crippen LogP contribution is -2.52. The van der Waals surface area contributed by atoms with Crippen molar-refractivity contribution in [2.75, 3.05) is 6.61 Å². The van der Waals surface area contributed by atoms with E-state index in [0.29, 0.717) is 28.8 Å². The molecule has 0 saturated heterocycles. The van der Waals surface area contributed by atoms with Gasteiger partial charge in [-0.25, -0.2) is 0 Å². The first-order valence-electron chi connectivity index (χ1n) is 11.1. The average Bonchev–Trinajstić information content (AvgIpc) is 3.27. The Morgan fingerprint density at radius 3 is 2.44 bits per heavy atom. The first-order chi connectivity index (χ1) is 15.4. The van der Waals surface area contributed by atoms with Crippen LogP contribution in [0.5, 0.6) is 5.75 Å². The number of benzene rings is 2. The van der Waals surface area contributed by atoms with E-state index in [0.717, 1.165) is 36.8 Å². The number of hydrogen-bond acceptors (Lipinski definition) is 3. The molecule has 172 valence electrons. The smallest absolute Gasteiger partial charge is 0.261 e. The molecule has 1 aliphatic carbocycles. The Kier molecular flexibility index (Phi) is 8.83. The van der Waals surface area contributed by atoms with E-state index in [1.54, 1.807) is 23.1 Å². The van der Waals surface area contributed by atoms with Crippen LogP contribution in [0.3, 0.4) is 0 Å². The lowest BCUT2D eigenvalue weighted by molar-refractivity contribution is -0.143. The predicted octanol–water partition coefficient (Wildman–Crippen LogP) is 5.55. The van der Waals surface area contributed by atoms with Crippen LogP contribution >= 0.6 is 23.2 Å². The van der Waals surface area contributed by atoms with Crippen molar-refractivity contribution in [2.24, 2.45) is 0 Å². The number of carbonyl (C=O) groups is 2. The summed E-state index contributed by atoms with van der Waals surface area (Å²) in [6.07, 6.45) is 4.75. The van der Waals surface area contributed by atoms with Crippen LogP contribution in [0.4, 0.5) is 0 Å². The van der Waals surface area contributed by atoms with Gasteiger partial charge in [0.25, 0.3) is 5.91 Å². The Morgan fingerprint density at radius 1 is 1.12 bits per heavy atom. The summed E-state index contributed by atoms with van der Waals surface area (Å²) in [7, 11) is 0. The second-order valence-corrected chi connectivity index (χ2v) is 9.13. The van der Waals surface area contributed by atoms with E-state index in [1.165, 1.54) is 0 Å². The number of aryl methyl sites for hydroxylation is 1. The van der Waals surface area contributed by atoms with Crippen molar-refractivity contribution in [1.29, 1.82) is 0 Å². The minimum Gasteiger partial charge on any atom is -0.482 e. The number of nitrogens with one attached hydrogen (secondary N) is 1. The van der Waals surface area contributed by atoms with E-state index < -0.39 is 6.04 Å². The highest BCUT2D eigenvalue weighted by molar-refractivity contribution is 6.35. The van der Waals surface area contributed by atoms with Gasteiger partial charge in [0.1, 0.15) is 11.8 Å². The molecule has 0 aliphatic heterocycles. The number of ether oxygens (including phenoxy) is 1. The maximum Gasteiger partial charge on any atom is 0.261 e. The van der Waals surface area contributed by atoms with Crippen molar-refractivity contribution in [2.45, 2.75) is 64.6 Å². The third-order valence-electron chi connectivity index (χ3n) is 5.81. The number of halogens is 2. The second-order valence-electron chi connectivity index (χ2n) is 8.28. The van der Waals surface area contributed by atoms with Crippen LogP contribution in [0.25, 0.3) is 0 Å². The number of nitrogens with zero attached hydrogens (tertiary/aromatic N) is 1. The van der Waals surface area contributed by atoms with Gasteiger partial charge in [-0.05, 0) is 49.9 Å². The quantitative estimate of drug-likeness (QED) is 0.516. The molecule has 0 radical (unpaired) electrons. The Bertz CT molecular complexity index is 927. The predicted molar refractivity (Wildman–Crippen MR) is 128 cm³/mol. The fraction of sp³-hybridized carbons (Fsp3) is 0.440. The Labute approximate surface area is 200 Å². The van der Waals surface area contributed by atoms with Gasteiger partial charge < -0.3 is 15.0 Å². The molecule has 0 unspecified atom stereocenters. The van der Waals surface area contributed by atoms with Crippen LogP contribution in [0.1, 0.15) is 50.2 Å². The van der Waals surface area contributed by atoms with Crippen molar-refractivity contribution in [1.82, 2.24) is 10.2 Å². The normalized spacial score (nSPS) is 14.8. The van der Waals surface area contributed by atoms with Crippen LogP contribution in [0, 0.1) is 6.92 Å². The van der Waals surface area contributed by atoms with Crippen LogP contribution < -0.4 is 10.1 Å². The van der Waals surface area contributed by atoms with Crippen LogP contribution in [0.2, 0.25) is 10.0 Å². The fourth-order valence-corrected chi connectivity index (χ4v) is 4.45. The van der Waals surface area contributed by atoms with E-state index in [4.69, 9.17) is 27.9 Å². The molecule has 32 heavy (non-hydrogen) atoms. The zero-order chi connectivity index (χ0) is 23.1. The summed E-state index contributed by atoms with van der Waals surface area (Å²) in [5.74, 6) is -0.00226. The van der Waals surface area contributed by atoms with Gasteiger partial charge in [-0.15, -0.1) is 0 Å². The molecule has 1 N–H and O–H groups in total. The van der Waals surface area contributed by atoms with Gasteiger partial charge in [0.15, 0.2) is 6.61 Å². The highest BCUT2D eigenvalue weighted by Crippen LogP contribution is 2.27. The molecule has 3 rings (SSSR count). The van der Waals surface area contributed by atoms with E-state index >= 15 is 0 Å². The third kappa shape index (κ3) is 6.63. The fourth-order valence-electron chi connectivity index (χ4n) is 3.99. The maximum absolute atomic E-state index is 13.3. The van der Waals surface area contributed by atoms with Crippen LogP contribution in [0.15, 0.2) is 42.5 Å². The Morgan fingerprint density at radius 2 is 1.81 bits per heavy atom. The number of amides is 2. The first-order valence-corrected chi connectivity index (χ1v) is 11.9. The molecule has 2 aromatic rings. The lowest BCUT2D eigenvalue weighted by Gasteiger charge is -2.31. The molecule has 0 spiro atoms. The Balaban J connectivity index is 1.76. The molecular formula is C25H30Cl2N2O3. The molecule has 0 heterocycles. The molecular weight excluding hydrogens is 447 g/mol. The topological polar surface area (TPSA) is 58.6 Å². The molecule has 5 nitrogen and oxygen atoms in total. The van der Waals surface area contributed by atoms with E-state index in [9.17, 15) is 9.59 Å². The van der Waals surface area contributed by atoms with Crippen LogP contribution in [-0.2, 0) is 16.1 Å². The molecule has 1 fully saturated rings. The minimum atomic E-state index is -0.575. The van der Waals surface area contributed by atoms with Gasteiger partial charge in [0, 0.05) is 17.6 Å². The monoisotopic (exact) mass is 476 g/mol. The minimum absolute atomic E-state index is 0.107. The number of carbonyl (C=O) groups excluding carboxylic acids is 2. The van der Waals surface area contributed by atoms with Gasteiger partial charge in [-0.3, -0.25) is 9.59 Å². The summed E-state index contributed by atoms with van der Waals surface area (Å²) in [6.45, 7) is 4.04. The van der Waals surface area contributed by atoms with Crippen LogP contribution in [-0.4, -0.2) is 35.4 Å². The first kappa shape index (κ1) is 24.4.